The molecule has 1 aromatic rings. The molecule has 1 aliphatic carbocycles. The van der Waals surface area contributed by atoms with Gasteiger partial charge in [0.15, 0.2) is 0 Å². The van der Waals surface area contributed by atoms with Gasteiger partial charge in [-0.25, -0.2) is 0 Å². The molecule has 0 radical (unpaired) electrons. The van der Waals surface area contributed by atoms with Crippen LogP contribution in [0.5, 0.6) is 5.75 Å². The Kier molecular flexibility index (Phi) is 4.25. The Balaban J connectivity index is 2.09. The number of likely N-dealkylation sites (N-methyl/N-ethyl adjacent to an activating group) is 1. The molecule has 0 spiro atoms. The van der Waals surface area contributed by atoms with Crippen molar-refractivity contribution < 1.29 is 5.11 Å². The molecule has 3 nitrogen and oxygen atoms in total. The average Bonchev–Trinajstić information content (AvgIpc) is 2.28. The summed E-state index contributed by atoms with van der Waals surface area (Å²) in [5.41, 5.74) is 2.67. The second kappa shape index (κ2) is 5.72. The van der Waals surface area contributed by atoms with Crippen LogP contribution in [-0.2, 0) is 6.42 Å². The molecule has 1 aliphatic rings. The summed E-state index contributed by atoms with van der Waals surface area (Å²) in [6.45, 7) is 3.25. The highest BCUT2D eigenvalue weighted by Gasteiger charge is 2.21. The van der Waals surface area contributed by atoms with Crippen LogP contribution in [0.3, 0.4) is 0 Å². The number of nitrogens with one attached hydrogen (secondary N) is 1. The van der Waals surface area contributed by atoms with Crippen LogP contribution in [0.2, 0.25) is 0 Å². The number of hydrogen-bond acceptors (Lipinski definition) is 3. The third-order valence-corrected chi connectivity index (χ3v) is 3.57. The van der Waals surface area contributed by atoms with E-state index < -0.39 is 0 Å². The molecule has 0 saturated carbocycles. The van der Waals surface area contributed by atoms with Crippen LogP contribution >= 0.6 is 0 Å². The number of phenolic OH excluding ortho intramolecular Hbond substituents is 1. The Morgan fingerprint density at radius 1 is 1.44 bits per heavy atom. The van der Waals surface area contributed by atoms with Crippen LogP contribution in [-0.4, -0.2) is 36.7 Å². The molecule has 0 heterocycles. The first-order valence-electron chi connectivity index (χ1n) is 6.79. The summed E-state index contributed by atoms with van der Waals surface area (Å²) in [5.74, 6) is 0.378. The molecule has 2 rings (SSSR count). The van der Waals surface area contributed by atoms with Gasteiger partial charge in [0.25, 0.3) is 0 Å². The number of nitrogens with zero attached hydrogens (tertiary/aromatic N) is 1. The van der Waals surface area contributed by atoms with Gasteiger partial charge in [-0.1, -0.05) is 6.07 Å². The lowest BCUT2D eigenvalue weighted by Gasteiger charge is -2.30. The maximum absolute atomic E-state index is 9.65. The summed E-state index contributed by atoms with van der Waals surface area (Å²) >= 11 is 0. The van der Waals surface area contributed by atoms with Gasteiger partial charge < -0.3 is 15.3 Å². The minimum Gasteiger partial charge on any atom is -0.508 e. The van der Waals surface area contributed by atoms with Crippen molar-refractivity contribution in [3.8, 4) is 5.75 Å². The fourth-order valence-electron chi connectivity index (χ4n) is 2.90. The second-order valence-electron chi connectivity index (χ2n) is 5.66. The molecular weight excluding hydrogens is 224 g/mol. The largest absolute Gasteiger partial charge is 0.508 e. The van der Waals surface area contributed by atoms with Crippen molar-refractivity contribution >= 4 is 0 Å². The van der Waals surface area contributed by atoms with E-state index in [4.69, 9.17) is 0 Å². The van der Waals surface area contributed by atoms with Gasteiger partial charge in [0.2, 0.25) is 0 Å². The number of fused-ring (bicyclic) bond motifs is 1. The molecule has 0 aliphatic heterocycles. The van der Waals surface area contributed by atoms with E-state index >= 15 is 0 Å². The van der Waals surface area contributed by atoms with Crippen molar-refractivity contribution in [3.05, 3.63) is 29.3 Å². The first-order chi connectivity index (χ1) is 8.56. The van der Waals surface area contributed by atoms with Gasteiger partial charge >= 0.3 is 0 Å². The third-order valence-electron chi connectivity index (χ3n) is 3.57. The third kappa shape index (κ3) is 3.24. The normalized spacial score (nSPS) is 20.8. The molecule has 0 saturated heterocycles. The van der Waals surface area contributed by atoms with Crippen molar-refractivity contribution in [2.24, 2.45) is 0 Å². The monoisotopic (exact) mass is 248 g/mol. The topological polar surface area (TPSA) is 35.5 Å². The highest BCUT2D eigenvalue weighted by Crippen LogP contribution is 2.32. The lowest BCUT2D eigenvalue weighted by atomic mass is 9.87. The zero-order valence-corrected chi connectivity index (χ0v) is 11.6. The molecule has 2 unspecified atom stereocenters. The first kappa shape index (κ1) is 13.4. The maximum Gasteiger partial charge on any atom is 0.115 e. The van der Waals surface area contributed by atoms with E-state index in [1.807, 2.05) is 6.07 Å². The Morgan fingerprint density at radius 3 is 2.94 bits per heavy atom. The molecule has 18 heavy (non-hydrogen) atoms. The van der Waals surface area contributed by atoms with Gasteiger partial charge in [-0.2, -0.15) is 0 Å². The molecule has 1 aromatic carbocycles. The SMILES string of the molecule is CC(CN(C)C)NC1CCCc2ccc(O)cc21. The Morgan fingerprint density at radius 2 is 2.22 bits per heavy atom. The lowest BCUT2D eigenvalue weighted by Crippen LogP contribution is -2.39. The molecular formula is C15H24N2O. The lowest BCUT2D eigenvalue weighted by molar-refractivity contribution is 0.317. The molecule has 0 fully saturated rings. The summed E-state index contributed by atoms with van der Waals surface area (Å²) in [4.78, 5) is 2.20. The van der Waals surface area contributed by atoms with E-state index in [0.29, 0.717) is 17.8 Å². The van der Waals surface area contributed by atoms with Gasteiger partial charge in [0.1, 0.15) is 5.75 Å². The molecule has 3 heteroatoms. The van der Waals surface area contributed by atoms with Gasteiger partial charge in [0, 0.05) is 18.6 Å². The Bertz CT molecular complexity index is 403. The Labute approximate surface area is 110 Å². The number of aromatic hydroxyl groups is 1. The van der Waals surface area contributed by atoms with E-state index in [2.05, 4.69) is 37.3 Å². The van der Waals surface area contributed by atoms with E-state index in [1.54, 1.807) is 6.07 Å². The summed E-state index contributed by atoms with van der Waals surface area (Å²) in [7, 11) is 4.19. The van der Waals surface area contributed by atoms with Crippen LogP contribution in [0.15, 0.2) is 18.2 Å². The van der Waals surface area contributed by atoms with Crippen LogP contribution in [0.4, 0.5) is 0 Å². The predicted molar refractivity (Wildman–Crippen MR) is 74.9 cm³/mol. The van der Waals surface area contributed by atoms with Crippen molar-refractivity contribution in [2.45, 2.75) is 38.3 Å². The Hall–Kier alpha value is -1.06. The minimum atomic E-state index is 0.378. The summed E-state index contributed by atoms with van der Waals surface area (Å²) in [5, 5.41) is 13.3. The molecule has 2 N–H and O–H groups in total. The number of hydrogen-bond donors (Lipinski definition) is 2. The highest BCUT2D eigenvalue weighted by atomic mass is 16.3. The summed E-state index contributed by atoms with van der Waals surface area (Å²) in [6.07, 6.45) is 3.52. The minimum absolute atomic E-state index is 0.378. The fraction of sp³-hybridized carbons (Fsp3) is 0.600. The van der Waals surface area contributed by atoms with Crippen molar-refractivity contribution in [2.75, 3.05) is 20.6 Å². The number of rotatable bonds is 4. The molecule has 0 bridgehead atoms. The van der Waals surface area contributed by atoms with Crippen LogP contribution in [0.25, 0.3) is 0 Å². The van der Waals surface area contributed by atoms with Crippen LogP contribution in [0.1, 0.15) is 36.9 Å². The predicted octanol–water partition coefficient (Wildman–Crippen LogP) is 2.31. The number of phenols is 1. The highest BCUT2D eigenvalue weighted by molar-refractivity contribution is 5.38. The fourth-order valence-corrected chi connectivity index (χ4v) is 2.90. The molecule has 100 valence electrons. The summed E-state index contributed by atoms with van der Waals surface area (Å²) in [6, 6.07) is 6.63. The van der Waals surface area contributed by atoms with Crippen LogP contribution in [0, 0.1) is 0 Å². The van der Waals surface area contributed by atoms with Crippen molar-refractivity contribution in [1.82, 2.24) is 10.2 Å². The molecule has 0 amide bonds. The number of aryl methyl sites for hydroxylation is 1. The van der Waals surface area contributed by atoms with Gasteiger partial charge in [-0.15, -0.1) is 0 Å². The van der Waals surface area contributed by atoms with Gasteiger partial charge in [-0.3, -0.25) is 0 Å². The van der Waals surface area contributed by atoms with Gasteiger partial charge in [0.05, 0.1) is 0 Å². The van der Waals surface area contributed by atoms with Crippen molar-refractivity contribution in [3.63, 3.8) is 0 Å². The van der Waals surface area contributed by atoms with Crippen molar-refractivity contribution in [1.29, 1.82) is 0 Å². The smallest absolute Gasteiger partial charge is 0.115 e. The standard InChI is InChI=1S/C15H24N2O/c1-11(10-17(2)3)16-15-6-4-5-12-7-8-13(18)9-14(12)15/h7-9,11,15-16,18H,4-6,10H2,1-3H3. The van der Waals surface area contributed by atoms with E-state index in [9.17, 15) is 5.11 Å². The quantitative estimate of drug-likeness (QED) is 0.858. The van der Waals surface area contributed by atoms with Crippen LogP contribution < -0.4 is 5.32 Å². The van der Waals surface area contributed by atoms with E-state index in [-0.39, 0.29) is 0 Å². The van der Waals surface area contributed by atoms with Gasteiger partial charge in [-0.05, 0) is 63.5 Å². The zero-order chi connectivity index (χ0) is 13.1. The maximum atomic E-state index is 9.65. The zero-order valence-electron chi connectivity index (χ0n) is 11.6. The molecule has 2 atom stereocenters. The second-order valence-corrected chi connectivity index (χ2v) is 5.66. The van der Waals surface area contributed by atoms with E-state index in [1.165, 1.54) is 17.5 Å². The first-order valence-corrected chi connectivity index (χ1v) is 6.79. The van der Waals surface area contributed by atoms with E-state index in [0.717, 1.165) is 19.4 Å². The molecule has 0 aromatic heterocycles. The summed E-state index contributed by atoms with van der Waals surface area (Å²) < 4.78 is 0. The average molecular weight is 248 g/mol. The number of benzene rings is 1.